The van der Waals surface area contributed by atoms with Crippen molar-refractivity contribution in [3.8, 4) is 11.3 Å². The Morgan fingerprint density at radius 3 is 2.59 bits per heavy atom. The summed E-state index contributed by atoms with van der Waals surface area (Å²) in [6.45, 7) is 2.51. The van der Waals surface area contributed by atoms with Crippen molar-refractivity contribution in [1.29, 1.82) is 0 Å². The van der Waals surface area contributed by atoms with Crippen LogP contribution < -0.4 is 4.90 Å². The van der Waals surface area contributed by atoms with Gasteiger partial charge in [0.05, 0.1) is 17.0 Å². The third kappa shape index (κ3) is 3.81. The zero-order chi connectivity index (χ0) is 19.6. The van der Waals surface area contributed by atoms with E-state index in [0.29, 0.717) is 12.6 Å². The molecule has 1 amide bonds. The maximum absolute atomic E-state index is 13.2. The molecule has 1 aromatic carbocycles. The van der Waals surface area contributed by atoms with Crippen LogP contribution in [0.5, 0.6) is 0 Å². The molecule has 150 valence electrons. The molecule has 0 atom stereocenters. The molecule has 1 saturated carbocycles. The predicted molar refractivity (Wildman–Crippen MR) is 115 cm³/mol. The Balaban J connectivity index is 1.52. The molecule has 0 bridgehead atoms. The molecule has 3 heterocycles. The molecule has 0 spiro atoms. The van der Waals surface area contributed by atoms with Crippen LogP contribution in [0.4, 0.5) is 5.88 Å². The molecule has 5 nitrogen and oxygen atoms in total. The average molecular weight is 408 g/mol. The van der Waals surface area contributed by atoms with E-state index >= 15 is 0 Å². The largest absolute Gasteiger partial charge is 0.340 e. The van der Waals surface area contributed by atoms with E-state index in [1.165, 1.54) is 30.6 Å². The van der Waals surface area contributed by atoms with Crippen molar-refractivity contribution >= 4 is 23.1 Å². The lowest BCUT2D eigenvalue weighted by Gasteiger charge is -2.28. The van der Waals surface area contributed by atoms with Crippen LogP contribution in [0.3, 0.4) is 0 Å². The molecule has 2 aromatic heterocycles. The summed E-state index contributed by atoms with van der Waals surface area (Å²) < 4.78 is 5.90. The van der Waals surface area contributed by atoms with Gasteiger partial charge in [0.1, 0.15) is 5.69 Å². The highest BCUT2D eigenvalue weighted by molar-refractivity contribution is 7.12. The van der Waals surface area contributed by atoms with Gasteiger partial charge in [-0.05, 0) is 43.6 Å². The third-order valence-electron chi connectivity index (χ3n) is 5.77. The SMILES string of the molecule is O=C(c1cccs1)N(Cc1c(-c2ccccc2)noc1N1CCCCC1)C1CC1. The number of hydrogen-bond donors (Lipinski definition) is 0. The third-order valence-corrected chi connectivity index (χ3v) is 6.62. The van der Waals surface area contributed by atoms with Crippen molar-refractivity contribution in [3.63, 3.8) is 0 Å². The van der Waals surface area contributed by atoms with Gasteiger partial charge in [0.15, 0.2) is 0 Å². The van der Waals surface area contributed by atoms with Gasteiger partial charge in [0.2, 0.25) is 5.88 Å². The first kappa shape index (κ1) is 18.4. The minimum absolute atomic E-state index is 0.118. The van der Waals surface area contributed by atoms with Crippen LogP contribution in [0.25, 0.3) is 11.3 Å². The van der Waals surface area contributed by atoms with Gasteiger partial charge in [-0.1, -0.05) is 41.6 Å². The highest BCUT2D eigenvalue weighted by Gasteiger charge is 2.36. The maximum atomic E-state index is 13.2. The molecule has 0 unspecified atom stereocenters. The normalized spacial score (nSPS) is 16.8. The van der Waals surface area contributed by atoms with Crippen LogP contribution in [0, 0.1) is 0 Å². The number of nitrogens with zero attached hydrogens (tertiary/aromatic N) is 3. The maximum Gasteiger partial charge on any atom is 0.264 e. The minimum Gasteiger partial charge on any atom is -0.340 e. The Morgan fingerprint density at radius 1 is 1.10 bits per heavy atom. The van der Waals surface area contributed by atoms with Gasteiger partial charge in [-0.2, -0.15) is 0 Å². The van der Waals surface area contributed by atoms with E-state index in [4.69, 9.17) is 4.52 Å². The van der Waals surface area contributed by atoms with Gasteiger partial charge < -0.3 is 14.3 Å². The second-order valence-electron chi connectivity index (χ2n) is 7.87. The summed E-state index contributed by atoms with van der Waals surface area (Å²) in [6.07, 6.45) is 5.74. The second kappa shape index (κ2) is 8.03. The summed E-state index contributed by atoms with van der Waals surface area (Å²) in [5.41, 5.74) is 2.93. The quantitative estimate of drug-likeness (QED) is 0.564. The number of aromatic nitrogens is 1. The molecule has 3 aromatic rings. The summed E-state index contributed by atoms with van der Waals surface area (Å²) >= 11 is 1.51. The Kier molecular flexibility index (Phi) is 5.10. The Morgan fingerprint density at radius 2 is 1.90 bits per heavy atom. The topological polar surface area (TPSA) is 49.6 Å². The van der Waals surface area contributed by atoms with Crippen molar-refractivity contribution in [2.45, 2.75) is 44.7 Å². The fourth-order valence-electron chi connectivity index (χ4n) is 4.08. The summed E-state index contributed by atoms with van der Waals surface area (Å²) in [6, 6.07) is 14.3. The fourth-order valence-corrected chi connectivity index (χ4v) is 4.76. The summed E-state index contributed by atoms with van der Waals surface area (Å²) in [4.78, 5) is 18.4. The molecule has 0 radical (unpaired) electrons. The van der Waals surface area contributed by atoms with Gasteiger partial charge in [0, 0.05) is 24.7 Å². The van der Waals surface area contributed by atoms with Gasteiger partial charge in [-0.3, -0.25) is 4.79 Å². The lowest BCUT2D eigenvalue weighted by molar-refractivity contribution is 0.0735. The molecule has 2 fully saturated rings. The molecule has 2 aliphatic rings. The van der Waals surface area contributed by atoms with Crippen LogP contribution in [0.2, 0.25) is 0 Å². The van der Waals surface area contributed by atoms with Crippen LogP contribution >= 0.6 is 11.3 Å². The first-order valence-electron chi connectivity index (χ1n) is 10.4. The molecule has 6 heteroatoms. The number of benzene rings is 1. The van der Waals surface area contributed by atoms with Gasteiger partial charge >= 0.3 is 0 Å². The second-order valence-corrected chi connectivity index (χ2v) is 8.82. The number of carbonyl (C=O) groups excluding carboxylic acids is 1. The first-order valence-corrected chi connectivity index (χ1v) is 11.3. The molecule has 5 rings (SSSR count). The number of carbonyl (C=O) groups is 1. The van der Waals surface area contributed by atoms with Crippen LogP contribution in [-0.4, -0.2) is 35.1 Å². The zero-order valence-corrected chi connectivity index (χ0v) is 17.2. The lowest BCUT2D eigenvalue weighted by atomic mass is 10.1. The number of piperidine rings is 1. The molecular weight excluding hydrogens is 382 g/mol. The van der Waals surface area contributed by atoms with E-state index in [0.717, 1.165) is 53.5 Å². The Labute approximate surface area is 174 Å². The van der Waals surface area contributed by atoms with E-state index in [2.05, 4.69) is 22.2 Å². The van der Waals surface area contributed by atoms with E-state index in [1.807, 2.05) is 40.6 Å². The van der Waals surface area contributed by atoms with Crippen molar-refractivity contribution in [3.05, 3.63) is 58.3 Å². The number of rotatable bonds is 6. The Hall–Kier alpha value is -2.60. The zero-order valence-electron chi connectivity index (χ0n) is 16.4. The highest BCUT2D eigenvalue weighted by atomic mass is 32.1. The molecule has 1 aliphatic carbocycles. The van der Waals surface area contributed by atoms with E-state index in [9.17, 15) is 4.79 Å². The van der Waals surface area contributed by atoms with Gasteiger partial charge in [-0.15, -0.1) is 11.3 Å². The molecule has 1 aliphatic heterocycles. The highest BCUT2D eigenvalue weighted by Crippen LogP contribution is 2.37. The van der Waals surface area contributed by atoms with Crippen molar-refractivity contribution in [2.24, 2.45) is 0 Å². The number of amides is 1. The van der Waals surface area contributed by atoms with Crippen LogP contribution in [0.15, 0.2) is 52.4 Å². The summed E-state index contributed by atoms with van der Waals surface area (Å²) in [5.74, 6) is 0.959. The van der Waals surface area contributed by atoms with Crippen LogP contribution in [-0.2, 0) is 6.54 Å². The van der Waals surface area contributed by atoms with E-state index in [1.54, 1.807) is 0 Å². The summed E-state index contributed by atoms with van der Waals surface area (Å²) in [5, 5.41) is 6.43. The fraction of sp³-hybridized carbons (Fsp3) is 0.391. The van der Waals surface area contributed by atoms with Gasteiger partial charge in [0.25, 0.3) is 5.91 Å². The standard InChI is InChI=1S/C23H25N3O2S/c27-22(20-10-7-15-29-20)26(18-11-12-18)16-19-21(17-8-3-1-4-9-17)24-28-23(19)25-13-5-2-6-14-25/h1,3-4,7-10,15,18H,2,5-6,11-14,16H2. The monoisotopic (exact) mass is 407 g/mol. The number of anilines is 1. The first-order chi connectivity index (χ1) is 14.3. The Bertz CT molecular complexity index is 957. The smallest absolute Gasteiger partial charge is 0.264 e. The molecule has 29 heavy (non-hydrogen) atoms. The van der Waals surface area contributed by atoms with E-state index in [-0.39, 0.29) is 5.91 Å². The van der Waals surface area contributed by atoms with Crippen molar-refractivity contribution < 1.29 is 9.32 Å². The van der Waals surface area contributed by atoms with E-state index < -0.39 is 0 Å². The predicted octanol–water partition coefficient (Wildman–Crippen LogP) is 5.20. The molecule has 1 saturated heterocycles. The number of hydrogen-bond acceptors (Lipinski definition) is 5. The van der Waals surface area contributed by atoms with Crippen molar-refractivity contribution in [1.82, 2.24) is 10.1 Å². The average Bonchev–Trinajstić information content (AvgIpc) is 3.29. The summed E-state index contributed by atoms with van der Waals surface area (Å²) in [7, 11) is 0. The number of thiophene rings is 1. The van der Waals surface area contributed by atoms with Gasteiger partial charge in [-0.25, -0.2) is 0 Å². The molecule has 0 N–H and O–H groups in total. The molecular formula is C23H25N3O2S. The van der Waals surface area contributed by atoms with Crippen molar-refractivity contribution in [2.75, 3.05) is 18.0 Å². The lowest BCUT2D eigenvalue weighted by Crippen LogP contribution is -2.34. The van der Waals surface area contributed by atoms with Crippen LogP contribution in [0.1, 0.15) is 47.3 Å². The minimum atomic E-state index is 0.118.